The van der Waals surface area contributed by atoms with Crippen molar-refractivity contribution in [3.8, 4) is 0 Å². The molecule has 1 heterocycles. The first kappa shape index (κ1) is 13.8. The van der Waals surface area contributed by atoms with Gasteiger partial charge in [0.15, 0.2) is 5.79 Å². The van der Waals surface area contributed by atoms with Crippen LogP contribution in [-0.2, 0) is 20.9 Å². The second kappa shape index (κ2) is 5.99. The molecule has 0 amide bonds. The first-order valence-corrected chi connectivity index (χ1v) is 6.28. The van der Waals surface area contributed by atoms with Crippen LogP contribution in [0.25, 0.3) is 0 Å². The molecule has 0 saturated carbocycles. The maximum Gasteiger partial charge on any atom is 0.164 e. The van der Waals surface area contributed by atoms with Crippen molar-refractivity contribution in [2.75, 3.05) is 0 Å². The fourth-order valence-corrected chi connectivity index (χ4v) is 1.90. The molecule has 1 aliphatic heterocycles. The van der Waals surface area contributed by atoms with Crippen LogP contribution in [0.4, 0.5) is 0 Å². The molecule has 2 atom stereocenters. The van der Waals surface area contributed by atoms with Crippen LogP contribution in [0.1, 0.15) is 19.4 Å². The van der Waals surface area contributed by atoms with Crippen molar-refractivity contribution in [2.24, 2.45) is 5.16 Å². The molecule has 4 nitrogen and oxygen atoms in total. The lowest BCUT2D eigenvalue weighted by molar-refractivity contribution is -0.137. The highest BCUT2D eigenvalue weighted by molar-refractivity contribution is 5.64. The van der Waals surface area contributed by atoms with Gasteiger partial charge in [-0.3, -0.25) is 0 Å². The van der Waals surface area contributed by atoms with E-state index in [4.69, 9.17) is 14.3 Å². The maximum atomic E-state index is 5.68. The fourth-order valence-electron chi connectivity index (χ4n) is 1.90. The zero-order valence-corrected chi connectivity index (χ0v) is 11.3. The third-order valence-corrected chi connectivity index (χ3v) is 2.75. The molecule has 102 valence electrons. The van der Waals surface area contributed by atoms with E-state index in [1.54, 1.807) is 12.3 Å². The zero-order chi connectivity index (χ0) is 13.7. The molecule has 1 saturated heterocycles. The molecule has 0 aliphatic carbocycles. The predicted octanol–water partition coefficient (Wildman–Crippen LogP) is 2.90. The van der Waals surface area contributed by atoms with Crippen molar-refractivity contribution in [2.45, 2.75) is 38.4 Å². The highest BCUT2D eigenvalue weighted by atomic mass is 16.8. The summed E-state index contributed by atoms with van der Waals surface area (Å²) in [5, 5.41) is 3.93. The Bertz CT molecular complexity index is 442. The summed E-state index contributed by atoms with van der Waals surface area (Å²) in [6.07, 6.45) is 2.87. The Hall–Kier alpha value is -1.65. The predicted molar refractivity (Wildman–Crippen MR) is 73.7 cm³/mol. The molecule has 0 aromatic heterocycles. The van der Waals surface area contributed by atoms with Gasteiger partial charge in [-0.25, -0.2) is 0 Å². The van der Waals surface area contributed by atoms with Gasteiger partial charge in [-0.1, -0.05) is 41.6 Å². The van der Waals surface area contributed by atoms with E-state index in [-0.39, 0.29) is 12.2 Å². The van der Waals surface area contributed by atoms with Gasteiger partial charge in [0.25, 0.3) is 0 Å². The Balaban J connectivity index is 1.84. The first-order chi connectivity index (χ1) is 9.11. The van der Waals surface area contributed by atoms with Crippen LogP contribution in [0.3, 0.4) is 0 Å². The van der Waals surface area contributed by atoms with E-state index >= 15 is 0 Å². The van der Waals surface area contributed by atoms with Crippen molar-refractivity contribution in [1.82, 2.24) is 0 Å². The van der Waals surface area contributed by atoms with E-state index in [0.717, 1.165) is 5.56 Å². The number of benzene rings is 1. The van der Waals surface area contributed by atoms with Gasteiger partial charge in [0.2, 0.25) is 0 Å². The average Bonchev–Trinajstić information content (AvgIpc) is 2.70. The number of hydrogen-bond acceptors (Lipinski definition) is 4. The molecule has 0 bridgehead atoms. The second-order valence-electron chi connectivity index (χ2n) is 4.81. The van der Waals surface area contributed by atoms with Crippen molar-refractivity contribution in [1.29, 1.82) is 0 Å². The Morgan fingerprint density at radius 3 is 2.63 bits per heavy atom. The molecule has 0 spiro atoms. The van der Waals surface area contributed by atoms with Gasteiger partial charge in [-0.05, 0) is 19.4 Å². The molecule has 1 aliphatic rings. The van der Waals surface area contributed by atoms with Gasteiger partial charge in [0.05, 0.1) is 6.21 Å². The van der Waals surface area contributed by atoms with E-state index < -0.39 is 5.79 Å². The first-order valence-electron chi connectivity index (χ1n) is 6.28. The second-order valence-corrected chi connectivity index (χ2v) is 4.81. The SMILES string of the molecule is C=C[C@H]1OC(C)(C)O[C@H]1/C=N/OCc1ccccc1. The summed E-state index contributed by atoms with van der Waals surface area (Å²) in [6, 6.07) is 9.87. The fraction of sp³-hybridized carbons (Fsp3) is 0.400. The van der Waals surface area contributed by atoms with Crippen LogP contribution in [0.15, 0.2) is 48.1 Å². The van der Waals surface area contributed by atoms with E-state index in [0.29, 0.717) is 6.61 Å². The molecule has 4 heteroatoms. The van der Waals surface area contributed by atoms with Crippen molar-refractivity contribution in [3.63, 3.8) is 0 Å². The molecule has 0 unspecified atom stereocenters. The van der Waals surface area contributed by atoms with Crippen molar-refractivity contribution in [3.05, 3.63) is 48.6 Å². The molecule has 0 N–H and O–H groups in total. The molecule has 2 rings (SSSR count). The summed E-state index contributed by atoms with van der Waals surface area (Å²) >= 11 is 0. The Labute approximate surface area is 113 Å². The van der Waals surface area contributed by atoms with E-state index in [1.807, 2.05) is 44.2 Å². The average molecular weight is 261 g/mol. The molecule has 0 radical (unpaired) electrons. The van der Waals surface area contributed by atoms with Gasteiger partial charge in [0, 0.05) is 0 Å². The molecule has 1 aromatic rings. The smallest absolute Gasteiger partial charge is 0.164 e. The minimum atomic E-state index is -0.616. The summed E-state index contributed by atoms with van der Waals surface area (Å²) in [4.78, 5) is 5.24. The van der Waals surface area contributed by atoms with Crippen LogP contribution in [0, 0.1) is 0 Å². The monoisotopic (exact) mass is 261 g/mol. The van der Waals surface area contributed by atoms with Crippen LogP contribution in [-0.4, -0.2) is 24.2 Å². The zero-order valence-electron chi connectivity index (χ0n) is 11.3. The van der Waals surface area contributed by atoms with Crippen LogP contribution < -0.4 is 0 Å². The number of nitrogens with zero attached hydrogens (tertiary/aromatic N) is 1. The summed E-state index contributed by atoms with van der Waals surface area (Å²) in [5.74, 6) is -0.616. The van der Waals surface area contributed by atoms with Crippen molar-refractivity contribution >= 4 is 6.21 Å². The lowest BCUT2D eigenvalue weighted by atomic mass is 10.2. The maximum absolute atomic E-state index is 5.68. The largest absolute Gasteiger partial charge is 0.391 e. The minimum absolute atomic E-state index is 0.195. The van der Waals surface area contributed by atoms with Gasteiger partial charge >= 0.3 is 0 Å². The Morgan fingerprint density at radius 2 is 1.95 bits per heavy atom. The summed E-state index contributed by atoms with van der Waals surface area (Å²) in [5.41, 5.74) is 1.07. The highest BCUT2D eigenvalue weighted by Gasteiger charge is 2.38. The van der Waals surface area contributed by atoms with Crippen LogP contribution >= 0.6 is 0 Å². The number of rotatable bonds is 5. The van der Waals surface area contributed by atoms with E-state index in [2.05, 4.69) is 11.7 Å². The Kier molecular flexibility index (Phi) is 4.35. The van der Waals surface area contributed by atoms with Crippen LogP contribution in [0.5, 0.6) is 0 Å². The van der Waals surface area contributed by atoms with Gasteiger partial charge in [0.1, 0.15) is 18.8 Å². The minimum Gasteiger partial charge on any atom is -0.391 e. The lowest BCUT2D eigenvalue weighted by Gasteiger charge is -2.15. The van der Waals surface area contributed by atoms with E-state index in [1.165, 1.54) is 0 Å². The molecular weight excluding hydrogens is 242 g/mol. The molecule has 1 aromatic carbocycles. The molecule has 1 fully saturated rings. The highest BCUT2D eigenvalue weighted by Crippen LogP contribution is 2.27. The normalized spacial score (nSPS) is 25.6. The number of hydrogen-bond donors (Lipinski definition) is 0. The summed E-state index contributed by atoms with van der Waals surface area (Å²) in [7, 11) is 0. The van der Waals surface area contributed by atoms with Crippen molar-refractivity contribution < 1.29 is 14.3 Å². The summed E-state index contributed by atoms with van der Waals surface area (Å²) in [6.45, 7) is 7.89. The third-order valence-electron chi connectivity index (χ3n) is 2.75. The number of ether oxygens (including phenoxy) is 2. The van der Waals surface area contributed by atoms with Gasteiger partial charge in [-0.15, -0.1) is 6.58 Å². The molecule has 19 heavy (non-hydrogen) atoms. The third kappa shape index (κ3) is 3.91. The van der Waals surface area contributed by atoms with Gasteiger partial charge < -0.3 is 14.3 Å². The van der Waals surface area contributed by atoms with E-state index in [9.17, 15) is 0 Å². The van der Waals surface area contributed by atoms with Gasteiger partial charge in [-0.2, -0.15) is 0 Å². The lowest BCUT2D eigenvalue weighted by Crippen LogP contribution is -2.22. The van der Waals surface area contributed by atoms with Crippen LogP contribution in [0.2, 0.25) is 0 Å². The number of oxime groups is 1. The topological polar surface area (TPSA) is 40.0 Å². The Morgan fingerprint density at radius 1 is 1.26 bits per heavy atom. The summed E-state index contributed by atoms with van der Waals surface area (Å²) < 4.78 is 11.3. The standard InChI is InChI=1S/C15H19NO3/c1-4-13-14(19-15(2,3)18-13)10-16-17-11-12-8-6-5-7-9-12/h4-10,13-14H,1,11H2,2-3H3/b16-10+/t13-,14+/m1/s1. The quantitative estimate of drug-likeness (QED) is 0.465. The molecular formula is C15H19NO3.